The zero-order valence-corrected chi connectivity index (χ0v) is 13.9. The number of hydrogen-bond acceptors (Lipinski definition) is 6. The van der Waals surface area contributed by atoms with Crippen LogP contribution in [0, 0.1) is 6.92 Å². The molecule has 3 aromatic rings. The molecular weight excluding hydrogens is 306 g/mol. The minimum atomic E-state index is 0.216. The number of aryl methyl sites for hydroxylation is 1. The fraction of sp³-hybridized carbons (Fsp3) is 0.353. The Morgan fingerprint density at radius 2 is 2.21 bits per heavy atom. The minimum Gasteiger partial charge on any atom is -0.496 e. The van der Waals surface area contributed by atoms with E-state index in [4.69, 9.17) is 9.47 Å². The highest BCUT2D eigenvalue weighted by molar-refractivity contribution is 5.50. The van der Waals surface area contributed by atoms with E-state index in [0.717, 1.165) is 40.8 Å². The van der Waals surface area contributed by atoms with Gasteiger partial charge < -0.3 is 14.8 Å². The van der Waals surface area contributed by atoms with Crippen molar-refractivity contribution in [1.29, 1.82) is 0 Å². The predicted octanol–water partition coefficient (Wildman–Crippen LogP) is 2.38. The first-order chi connectivity index (χ1) is 11.6. The summed E-state index contributed by atoms with van der Waals surface area (Å²) < 4.78 is 13.1. The molecular formula is C17H19N5O2. The molecule has 0 fully saturated rings. The van der Waals surface area contributed by atoms with Gasteiger partial charge in [0, 0.05) is 24.1 Å². The number of fused-ring (bicyclic) bond motifs is 2. The van der Waals surface area contributed by atoms with Crippen LogP contribution in [0.15, 0.2) is 24.3 Å². The molecule has 1 aromatic carbocycles. The second-order valence-electron chi connectivity index (χ2n) is 5.99. The second-order valence-corrected chi connectivity index (χ2v) is 5.99. The summed E-state index contributed by atoms with van der Waals surface area (Å²) in [6, 6.07) is 7.89. The van der Waals surface area contributed by atoms with Crippen LogP contribution in [0.5, 0.6) is 11.5 Å². The molecule has 7 heteroatoms. The first-order valence-corrected chi connectivity index (χ1v) is 7.93. The number of anilines is 1. The van der Waals surface area contributed by atoms with Gasteiger partial charge in [-0.15, -0.1) is 15.3 Å². The van der Waals surface area contributed by atoms with Crippen molar-refractivity contribution in [2.75, 3.05) is 12.4 Å². The molecule has 24 heavy (non-hydrogen) atoms. The van der Waals surface area contributed by atoms with Crippen molar-refractivity contribution >= 4 is 11.5 Å². The number of nitrogens with zero attached hydrogens (tertiary/aromatic N) is 4. The molecule has 0 spiro atoms. The Morgan fingerprint density at radius 3 is 3.04 bits per heavy atom. The summed E-state index contributed by atoms with van der Waals surface area (Å²) >= 11 is 0. The minimum absolute atomic E-state index is 0.216. The normalized spacial score (nSPS) is 16.0. The highest BCUT2D eigenvalue weighted by Crippen LogP contribution is 2.35. The zero-order chi connectivity index (χ0) is 16.7. The monoisotopic (exact) mass is 325 g/mol. The molecule has 0 radical (unpaired) electrons. The standard InChI is InChI=1S/C17H19N5O2/c1-10-6-12-7-14(23-3)13(8-15(12)24-10)9-18-16-4-5-17-20-19-11(2)22(17)21-16/h4-5,7-8,10H,6,9H2,1-3H3,(H,18,21). The van der Waals surface area contributed by atoms with Crippen molar-refractivity contribution in [2.45, 2.75) is 32.9 Å². The predicted molar refractivity (Wildman–Crippen MR) is 89.6 cm³/mol. The van der Waals surface area contributed by atoms with Gasteiger partial charge in [-0.1, -0.05) is 0 Å². The fourth-order valence-corrected chi connectivity index (χ4v) is 2.99. The number of nitrogens with one attached hydrogen (secondary N) is 1. The number of ether oxygens (including phenoxy) is 2. The van der Waals surface area contributed by atoms with Crippen molar-refractivity contribution in [1.82, 2.24) is 19.8 Å². The first-order valence-electron chi connectivity index (χ1n) is 7.93. The van der Waals surface area contributed by atoms with Gasteiger partial charge in [-0.2, -0.15) is 4.52 Å². The van der Waals surface area contributed by atoms with Crippen molar-refractivity contribution in [3.05, 3.63) is 41.2 Å². The lowest BCUT2D eigenvalue weighted by molar-refractivity contribution is 0.254. The molecule has 3 heterocycles. The van der Waals surface area contributed by atoms with Crippen molar-refractivity contribution in [3.63, 3.8) is 0 Å². The van der Waals surface area contributed by atoms with E-state index >= 15 is 0 Å². The molecule has 7 nitrogen and oxygen atoms in total. The lowest BCUT2D eigenvalue weighted by Crippen LogP contribution is -2.06. The Labute approximate surface area is 139 Å². The van der Waals surface area contributed by atoms with Gasteiger partial charge in [0.05, 0.1) is 7.11 Å². The first kappa shape index (κ1) is 14.7. The molecule has 1 unspecified atom stereocenters. The smallest absolute Gasteiger partial charge is 0.178 e. The molecule has 1 aliphatic rings. The topological polar surface area (TPSA) is 73.6 Å². The molecule has 0 aliphatic carbocycles. The molecule has 0 bridgehead atoms. The Kier molecular flexibility index (Phi) is 3.48. The van der Waals surface area contributed by atoms with E-state index in [0.29, 0.717) is 6.54 Å². The maximum Gasteiger partial charge on any atom is 0.178 e. The average molecular weight is 325 g/mol. The van der Waals surface area contributed by atoms with Gasteiger partial charge in [-0.3, -0.25) is 0 Å². The molecule has 2 aromatic heterocycles. The van der Waals surface area contributed by atoms with Gasteiger partial charge in [-0.25, -0.2) is 0 Å². The zero-order valence-electron chi connectivity index (χ0n) is 13.9. The summed E-state index contributed by atoms with van der Waals surface area (Å²) in [4.78, 5) is 0. The van der Waals surface area contributed by atoms with Crippen LogP contribution in [-0.4, -0.2) is 33.0 Å². The molecule has 0 saturated heterocycles. The third kappa shape index (κ3) is 2.51. The SMILES string of the molecule is COc1cc2c(cc1CNc1ccc3nnc(C)n3n1)OC(C)C2. The molecule has 1 atom stereocenters. The number of benzene rings is 1. The van der Waals surface area contributed by atoms with Crippen molar-refractivity contribution in [3.8, 4) is 11.5 Å². The third-order valence-corrected chi connectivity index (χ3v) is 4.18. The Hall–Kier alpha value is -2.83. The number of methoxy groups -OCH3 is 1. The number of hydrogen-bond donors (Lipinski definition) is 1. The Bertz CT molecular complexity index is 905. The van der Waals surface area contributed by atoms with E-state index in [1.807, 2.05) is 25.1 Å². The maximum atomic E-state index is 5.84. The molecule has 124 valence electrons. The van der Waals surface area contributed by atoms with E-state index < -0.39 is 0 Å². The fourth-order valence-electron chi connectivity index (χ4n) is 2.99. The quantitative estimate of drug-likeness (QED) is 0.794. The number of aromatic nitrogens is 4. The highest BCUT2D eigenvalue weighted by Gasteiger charge is 2.21. The van der Waals surface area contributed by atoms with Crippen LogP contribution in [0.4, 0.5) is 5.82 Å². The van der Waals surface area contributed by atoms with Crippen LogP contribution in [0.25, 0.3) is 5.65 Å². The van der Waals surface area contributed by atoms with Crippen LogP contribution < -0.4 is 14.8 Å². The molecule has 0 amide bonds. The Balaban J connectivity index is 1.58. The van der Waals surface area contributed by atoms with E-state index in [9.17, 15) is 0 Å². The summed E-state index contributed by atoms with van der Waals surface area (Å²) in [5, 5.41) is 15.9. The lowest BCUT2D eigenvalue weighted by Gasteiger charge is -2.12. The van der Waals surface area contributed by atoms with Gasteiger partial charge in [0.15, 0.2) is 11.5 Å². The third-order valence-electron chi connectivity index (χ3n) is 4.18. The lowest BCUT2D eigenvalue weighted by atomic mass is 10.1. The van der Waals surface area contributed by atoms with Gasteiger partial charge in [0.2, 0.25) is 0 Å². The molecule has 1 N–H and O–H groups in total. The highest BCUT2D eigenvalue weighted by atomic mass is 16.5. The number of rotatable bonds is 4. The summed E-state index contributed by atoms with van der Waals surface area (Å²) in [6.45, 7) is 4.54. The van der Waals surface area contributed by atoms with Gasteiger partial charge in [0.25, 0.3) is 0 Å². The van der Waals surface area contributed by atoms with Crippen LogP contribution >= 0.6 is 0 Å². The van der Waals surface area contributed by atoms with Crippen LogP contribution in [0.2, 0.25) is 0 Å². The van der Waals surface area contributed by atoms with Gasteiger partial charge >= 0.3 is 0 Å². The van der Waals surface area contributed by atoms with Crippen molar-refractivity contribution < 1.29 is 9.47 Å². The summed E-state index contributed by atoms with van der Waals surface area (Å²) in [7, 11) is 1.69. The molecule has 4 rings (SSSR count). The largest absolute Gasteiger partial charge is 0.496 e. The second kappa shape index (κ2) is 5.67. The van der Waals surface area contributed by atoms with E-state index in [1.54, 1.807) is 11.6 Å². The summed E-state index contributed by atoms with van der Waals surface area (Å²) in [6.07, 6.45) is 1.14. The van der Waals surface area contributed by atoms with E-state index in [2.05, 4.69) is 33.6 Å². The molecule has 1 aliphatic heterocycles. The summed E-state index contributed by atoms with van der Waals surface area (Å²) in [5.41, 5.74) is 2.96. The van der Waals surface area contributed by atoms with E-state index in [-0.39, 0.29) is 6.10 Å². The van der Waals surface area contributed by atoms with Crippen LogP contribution in [0.3, 0.4) is 0 Å². The van der Waals surface area contributed by atoms with Gasteiger partial charge in [0.1, 0.15) is 23.4 Å². The maximum absolute atomic E-state index is 5.84. The Morgan fingerprint density at radius 1 is 1.33 bits per heavy atom. The van der Waals surface area contributed by atoms with Gasteiger partial charge in [-0.05, 0) is 38.1 Å². The van der Waals surface area contributed by atoms with E-state index in [1.165, 1.54) is 5.56 Å². The van der Waals surface area contributed by atoms with Crippen molar-refractivity contribution in [2.24, 2.45) is 0 Å². The summed E-state index contributed by atoms with van der Waals surface area (Å²) in [5.74, 6) is 3.31. The molecule has 0 saturated carbocycles. The van der Waals surface area contributed by atoms with Crippen LogP contribution in [-0.2, 0) is 13.0 Å². The van der Waals surface area contributed by atoms with Crippen LogP contribution in [0.1, 0.15) is 23.9 Å². The average Bonchev–Trinajstić information content (AvgIpc) is 3.13.